The van der Waals surface area contributed by atoms with Crippen molar-refractivity contribution in [3.63, 3.8) is 0 Å². The van der Waals surface area contributed by atoms with Gasteiger partial charge in [-0.05, 0) is 71.8 Å². The van der Waals surface area contributed by atoms with Crippen LogP contribution in [0.3, 0.4) is 0 Å². The number of halogens is 5. The number of nitrogens with zero attached hydrogens (tertiary/aromatic N) is 4. The van der Waals surface area contributed by atoms with Crippen LogP contribution in [0.25, 0.3) is 0 Å². The van der Waals surface area contributed by atoms with Gasteiger partial charge < -0.3 is 10.6 Å². The summed E-state index contributed by atoms with van der Waals surface area (Å²) in [7, 11) is 0. The summed E-state index contributed by atoms with van der Waals surface area (Å²) in [6, 6.07) is 10.1. The third-order valence-electron chi connectivity index (χ3n) is 5.27. The molecule has 2 heterocycles. The van der Waals surface area contributed by atoms with Gasteiger partial charge in [0.2, 0.25) is 0 Å². The van der Waals surface area contributed by atoms with Crippen molar-refractivity contribution in [1.29, 1.82) is 0 Å². The lowest BCUT2D eigenvalue weighted by Crippen LogP contribution is -2.20. The second-order valence-electron chi connectivity index (χ2n) is 7.75. The van der Waals surface area contributed by atoms with E-state index in [1.807, 2.05) is 30.7 Å². The number of rotatable bonds is 6. The van der Waals surface area contributed by atoms with Gasteiger partial charge in [0.25, 0.3) is 0 Å². The maximum atomic E-state index is 14.1. The van der Waals surface area contributed by atoms with Crippen LogP contribution in [0.2, 0.25) is 15.1 Å². The molecule has 4 rings (SSSR count). The van der Waals surface area contributed by atoms with E-state index < -0.39 is 0 Å². The Morgan fingerprint density at radius 2 is 1.80 bits per heavy atom. The molecule has 182 valence electrons. The van der Waals surface area contributed by atoms with Gasteiger partial charge in [-0.3, -0.25) is 9.36 Å². The summed E-state index contributed by atoms with van der Waals surface area (Å²) < 4.78 is 18.2. The van der Waals surface area contributed by atoms with Gasteiger partial charge in [0.1, 0.15) is 5.82 Å². The Balaban J connectivity index is 1.46. The first kappa shape index (κ1) is 25.9. The van der Waals surface area contributed by atoms with Crippen molar-refractivity contribution in [1.82, 2.24) is 19.6 Å². The topological polar surface area (TPSA) is 59.7 Å². The van der Waals surface area contributed by atoms with Crippen LogP contribution < -0.4 is 10.6 Å². The maximum absolute atomic E-state index is 14.1. The molecule has 4 aromatic rings. The number of benzene rings is 2. The molecule has 0 fully saturated rings. The fraction of sp³-hybridized carbons (Fsp3) is 0.174. The summed E-state index contributed by atoms with van der Waals surface area (Å²) in [4.78, 5) is 0. The molecule has 0 unspecified atom stereocenters. The van der Waals surface area contributed by atoms with Gasteiger partial charge in [-0.15, -0.1) is 0 Å². The standard InChI is InChI=1S/C23H19BrCl3FN6S/c1-12-21(13(2)34(31-12)9-14-6-7-18(26)19(27)8-14)29-23(35)30-22-16(24)11-33(32-22)10-15-17(25)4-3-5-20(15)28/h3-8,11H,9-10H2,1-2H3,(H2,29,30,32,35). The number of hydrogen-bond acceptors (Lipinski definition) is 3. The molecule has 0 bridgehead atoms. The van der Waals surface area contributed by atoms with Gasteiger partial charge in [0, 0.05) is 16.8 Å². The maximum Gasteiger partial charge on any atom is 0.176 e. The van der Waals surface area contributed by atoms with Crippen LogP contribution in [0.15, 0.2) is 47.1 Å². The van der Waals surface area contributed by atoms with Crippen LogP contribution in [0.5, 0.6) is 0 Å². The van der Waals surface area contributed by atoms with E-state index in [4.69, 9.17) is 47.0 Å². The lowest BCUT2D eigenvalue weighted by molar-refractivity contribution is 0.586. The lowest BCUT2D eigenvalue weighted by Gasteiger charge is -2.10. The zero-order valence-corrected chi connectivity index (χ0v) is 23.2. The third kappa shape index (κ3) is 5.98. The number of thiocarbonyl (C=S) groups is 1. The fourth-order valence-electron chi connectivity index (χ4n) is 3.50. The third-order valence-corrected chi connectivity index (χ3v) is 7.14. The molecule has 2 N–H and O–H groups in total. The average molecular weight is 617 g/mol. The van der Waals surface area contributed by atoms with Crippen molar-refractivity contribution < 1.29 is 4.39 Å². The molecule has 0 aliphatic carbocycles. The summed E-state index contributed by atoms with van der Waals surface area (Å²) in [5.41, 5.74) is 3.80. The first-order valence-electron chi connectivity index (χ1n) is 10.3. The minimum absolute atomic E-state index is 0.172. The molecule has 0 aliphatic rings. The molecule has 6 nitrogen and oxygen atoms in total. The van der Waals surface area contributed by atoms with Crippen LogP contribution >= 0.6 is 63.0 Å². The molecule has 0 spiro atoms. The van der Waals surface area contributed by atoms with Crippen molar-refractivity contribution in [2.45, 2.75) is 26.9 Å². The Hall–Kier alpha value is -2.17. The van der Waals surface area contributed by atoms with Crippen LogP contribution in [0.4, 0.5) is 15.9 Å². The Morgan fingerprint density at radius 3 is 2.51 bits per heavy atom. The van der Waals surface area contributed by atoms with Gasteiger partial charge in [-0.1, -0.05) is 46.9 Å². The number of hydrogen-bond donors (Lipinski definition) is 2. The van der Waals surface area contributed by atoms with Crippen LogP contribution in [-0.2, 0) is 13.1 Å². The molecule has 35 heavy (non-hydrogen) atoms. The number of anilines is 2. The van der Waals surface area contributed by atoms with Gasteiger partial charge in [-0.2, -0.15) is 10.2 Å². The van der Waals surface area contributed by atoms with Crippen LogP contribution in [0.1, 0.15) is 22.5 Å². The largest absolute Gasteiger partial charge is 0.329 e. The molecule has 0 atom stereocenters. The van der Waals surface area contributed by atoms with Gasteiger partial charge in [0.15, 0.2) is 10.9 Å². The quantitative estimate of drug-likeness (QED) is 0.220. The van der Waals surface area contributed by atoms with Gasteiger partial charge in [0.05, 0.1) is 44.7 Å². The molecule has 0 saturated heterocycles. The van der Waals surface area contributed by atoms with Crippen molar-refractivity contribution >= 4 is 79.6 Å². The summed E-state index contributed by atoms with van der Waals surface area (Å²) >= 11 is 27.3. The lowest BCUT2D eigenvalue weighted by atomic mass is 10.2. The Morgan fingerprint density at radius 1 is 1.03 bits per heavy atom. The number of nitrogens with one attached hydrogen (secondary N) is 2. The van der Waals surface area contributed by atoms with Crippen LogP contribution in [-0.4, -0.2) is 24.7 Å². The fourth-order valence-corrected chi connectivity index (χ4v) is 4.66. The predicted molar refractivity (Wildman–Crippen MR) is 148 cm³/mol. The van der Waals surface area contributed by atoms with E-state index in [1.54, 1.807) is 29.1 Å². The first-order chi connectivity index (χ1) is 16.6. The summed E-state index contributed by atoms with van der Waals surface area (Å²) in [6.07, 6.45) is 1.72. The molecular formula is C23H19BrCl3FN6S. The average Bonchev–Trinajstić information content (AvgIpc) is 3.26. The molecule has 12 heteroatoms. The molecule has 2 aromatic heterocycles. The highest BCUT2D eigenvalue weighted by molar-refractivity contribution is 9.10. The normalized spacial score (nSPS) is 11.1. The number of aryl methyl sites for hydroxylation is 1. The predicted octanol–water partition coefficient (Wildman–Crippen LogP) is 7.46. The zero-order valence-electron chi connectivity index (χ0n) is 18.5. The van der Waals surface area contributed by atoms with Crippen molar-refractivity contribution in [3.05, 3.63) is 90.5 Å². The Kier molecular flexibility index (Phi) is 8.02. The smallest absolute Gasteiger partial charge is 0.176 e. The molecule has 2 aromatic carbocycles. The first-order valence-corrected chi connectivity index (χ1v) is 12.7. The molecular weight excluding hydrogens is 598 g/mol. The summed E-state index contributed by atoms with van der Waals surface area (Å²) in [5.74, 6) is 0.0909. The zero-order chi connectivity index (χ0) is 25.3. The summed E-state index contributed by atoms with van der Waals surface area (Å²) in [5, 5.41) is 17.0. The highest BCUT2D eigenvalue weighted by Crippen LogP contribution is 2.27. The van der Waals surface area contributed by atoms with Crippen molar-refractivity contribution in [2.75, 3.05) is 10.6 Å². The van der Waals surface area contributed by atoms with Crippen molar-refractivity contribution in [2.24, 2.45) is 0 Å². The van der Waals surface area contributed by atoms with E-state index in [1.165, 1.54) is 6.07 Å². The van der Waals surface area contributed by atoms with Crippen LogP contribution in [0, 0.1) is 19.7 Å². The second-order valence-corrected chi connectivity index (χ2v) is 10.2. The minimum Gasteiger partial charge on any atom is -0.329 e. The van der Waals surface area contributed by atoms with E-state index in [0.717, 1.165) is 22.6 Å². The summed E-state index contributed by atoms with van der Waals surface area (Å²) in [6.45, 7) is 4.54. The highest BCUT2D eigenvalue weighted by Gasteiger charge is 2.16. The van der Waals surface area contributed by atoms with E-state index >= 15 is 0 Å². The highest BCUT2D eigenvalue weighted by atomic mass is 79.9. The van der Waals surface area contributed by atoms with E-state index in [2.05, 4.69) is 36.8 Å². The van der Waals surface area contributed by atoms with E-state index in [0.29, 0.717) is 42.6 Å². The molecule has 0 radical (unpaired) electrons. The molecule has 0 amide bonds. The monoisotopic (exact) mass is 614 g/mol. The Labute approximate surface area is 230 Å². The van der Waals surface area contributed by atoms with Gasteiger partial charge >= 0.3 is 0 Å². The molecule has 0 saturated carbocycles. The number of aromatic nitrogens is 4. The SMILES string of the molecule is Cc1nn(Cc2ccc(Cl)c(Cl)c2)c(C)c1NC(=S)Nc1nn(Cc2c(F)cccc2Cl)cc1Br. The molecule has 0 aliphatic heterocycles. The minimum atomic E-state index is -0.389. The van der Waals surface area contributed by atoms with Gasteiger partial charge in [-0.25, -0.2) is 4.39 Å². The van der Waals surface area contributed by atoms with E-state index in [-0.39, 0.29) is 12.4 Å². The Bertz CT molecular complexity index is 1400. The van der Waals surface area contributed by atoms with E-state index in [9.17, 15) is 4.39 Å². The second kappa shape index (κ2) is 10.8. The van der Waals surface area contributed by atoms with Crippen molar-refractivity contribution in [3.8, 4) is 0 Å².